The molecule has 0 aliphatic carbocycles. The monoisotopic (exact) mass is 434 g/mol. The third-order valence-corrected chi connectivity index (χ3v) is 5.85. The van der Waals surface area contributed by atoms with Gasteiger partial charge in [-0.2, -0.15) is 0 Å². The van der Waals surface area contributed by atoms with Gasteiger partial charge in [-0.25, -0.2) is 4.98 Å². The molecule has 0 spiro atoms. The molecule has 1 unspecified atom stereocenters. The van der Waals surface area contributed by atoms with E-state index in [1.807, 2.05) is 25.1 Å². The number of likely N-dealkylation sites (tertiary alicyclic amines) is 1. The quantitative estimate of drug-likeness (QED) is 0.582. The molecule has 1 aliphatic heterocycles. The number of hydrogen-bond donors (Lipinski definition) is 1. The average Bonchev–Trinajstić information content (AvgIpc) is 2.83. The summed E-state index contributed by atoms with van der Waals surface area (Å²) in [5.74, 6) is 1.69. The molecule has 7 heteroatoms. The van der Waals surface area contributed by atoms with Crippen LogP contribution in [0.1, 0.15) is 42.5 Å². The van der Waals surface area contributed by atoms with E-state index in [-0.39, 0.29) is 11.5 Å². The minimum Gasteiger partial charge on any atom is -0.496 e. The highest BCUT2D eigenvalue weighted by atomic mass is 16.5. The molecule has 1 N–H and O–H groups in total. The zero-order valence-corrected chi connectivity index (χ0v) is 18.7. The summed E-state index contributed by atoms with van der Waals surface area (Å²) in [5, 5.41) is 0. The van der Waals surface area contributed by atoms with Crippen LogP contribution in [0.2, 0.25) is 0 Å². The van der Waals surface area contributed by atoms with Gasteiger partial charge in [0.1, 0.15) is 11.6 Å². The molecule has 1 aliphatic rings. The number of pyridine rings is 1. The summed E-state index contributed by atoms with van der Waals surface area (Å²) in [6, 6.07) is 11.7. The fourth-order valence-electron chi connectivity index (χ4n) is 4.29. The van der Waals surface area contributed by atoms with Gasteiger partial charge in [-0.3, -0.25) is 14.7 Å². The van der Waals surface area contributed by atoms with Crippen molar-refractivity contribution in [2.24, 2.45) is 0 Å². The van der Waals surface area contributed by atoms with Gasteiger partial charge in [-0.1, -0.05) is 6.07 Å². The van der Waals surface area contributed by atoms with Crippen molar-refractivity contribution in [2.75, 3.05) is 26.8 Å². The molecule has 1 atom stereocenters. The fraction of sp³-hybridized carbons (Fsp3) is 0.400. The van der Waals surface area contributed by atoms with Crippen molar-refractivity contribution in [2.45, 2.75) is 38.8 Å². The molecule has 4 rings (SSSR count). The van der Waals surface area contributed by atoms with Crippen LogP contribution in [0.15, 0.2) is 53.6 Å². The van der Waals surface area contributed by atoms with Gasteiger partial charge in [-0.05, 0) is 56.1 Å². The van der Waals surface area contributed by atoms with Crippen molar-refractivity contribution in [1.29, 1.82) is 0 Å². The molecule has 3 aromatic rings. The molecule has 168 valence electrons. The Morgan fingerprint density at radius 2 is 2.03 bits per heavy atom. The van der Waals surface area contributed by atoms with E-state index in [9.17, 15) is 4.79 Å². The van der Waals surface area contributed by atoms with Crippen molar-refractivity contribution >= 4 is 0 Å². The predicted molar refractivity (Wildman–Crippen MR) is 124 cm³/mol. The number of H-pyrrole nitrogens is 1. The number of aromatic amines is 1. The third-order valence-electron chi connectivity index (χ3n) is 5.85. The largest absolute Gasteiger partial charge is 0.496 e. The number of ether oxygens (including phenoxy) is 2. The Labute approximate surface area is 188 Å². The second kappa shape index (κ2) is 10.5. The molecule has 1 aromatic carbocycles. The second-order valence-electron chi connectivity index (χ2n) is 8.11. The van der Waals surface area contributed by atoms with Crippen molar-refractivity contribution in [3.05, 3.63) is 76.0 Å². The number of methoxy groups -OCH3 is 1. The molecule has 32 heavy (non-hydrogen) atoms. The standard InChI is InChI=1S/C25H30N4O3/c1-3-32-17-21-13-18(6-7-23(21)31-2)15-29-12-4-5-20(16-29)22-14-24(30)28-25(27-22)19-8-10-26-11-9-19/h6-11,13-14,20H,3-5,12,15-17H2,1-2H3,(H,27,28,30). The van der Waals surface area contributed by atoms with Crippen LogP contribution >= 0.6 is 0 Å². The maximum Gasteiger partial charge on any atom is 0.251 e. The SMILES string of the molecule is CCOCc1cc(CN2CCCC(c3cc(=O)[nH]c(-c4ccncc4)n3)C2)ccc1OC. The summed E-state index contributed by atoms with van der Waals surface area (Å²) in [7, 11) is 1.69. The third kappa shape index (κ3) is 5.41. The van der Waals surface area contributed by atoms with Gasteiger partial charge in [0.25, 0.3) is 5.56 Å². The van der Waals surface area contributed by atoms with Gasteiger partial charge >= 0.3 is 0 Å². The highest BCUT2D eigenvalue weighted by Crippen LogP contribution is 2.28. The van der Waals surface area contributed by atoms with Gasteiger partial charge in [0, 0.05) is 55.2 Å². The lowest BCUT2D eigenvalue weighted by molar-refractivity contribution is 0.131. The number of nitrogens with zero attached hydrogens (tertiary/aromatic N) is 3. The number of hydrogen-bond acceptors (Lipinski definition) is 6. The maximum absolute atomic E-state index is 12.3. The number of benzene rings is 1. The lowest BCUT2D eigenvalue weighted by Crippen LogP contribution is -2.34. The molecular weight excluding hydrogens is 404 g/mol. The summed E-state index contributed by atoms with van der Waals surface area (Å²) in [6.07, 6.45) is 5.52. The zero-order chi connectivity index (χ0) is 22.3. The first-order valence-corrected chi connectivity index (χ1v) is 11.1. The topological polar surface area (TPSA) is 80.3 Å². The Balaban J connectivity index is 1.50. The van der Waals surface area contributed by atoms with Crippen LogP contribution < -0.4 is 10.3 Å². The molecule has 3 heterocycles. The van der Waals surface area contributed by atoms with E-state index < -0.39 is 0 Å². The van der Waals surface area contributed by atoms with Gasteiger partial charge in [0.05, 0.1) is 19.4 Å². The van der Waals surface area contributed by atoms with Gasteiger partial charge in [0.2, 0.25) is 0 Å². The molecule has 7 nitrogen and oxygen atoms in total. The summed E-state index contributed by atoms with van der Waals surface area (Å²) in [5.41, 5.74) is 3.91. The Kier molecular flexibility index (Phi) is 7.29. The molecular formula is C25H30N4O3. The summed E-state index contributed by atoms with van der Waals surface area (Å²) in [6.45, 7) is 5.96. The molecule has 2 aromatic heterocycles. The Morgan fingerprint density at radius 1 is 1.19 bits per heavy atom. The van der Waals surface area contributed by atoms with Crippen LogP contribution in [0, 0.1) is 0 Å². The van der Waals surface area contributed by atoms with Gasteiger partial charge in [0.15, 0.2) is 0 Å². The normalized spacial score (nSPS) is 16.8. The van der Waals surface area contributed by atoms with E-state index in [0.29, 0.717) is 19.0 Å². The molecule has 0 bridgehead atoms. The van der Waals surface area contributed by atoms with Crippen LogP contribution in [0.3, 0.4) is 0 Å². The molecule has 0 saturated carbocycles. The van der Waals surface area contributed by atoms with Crippen molar-refractivity contribution < 1.29 is 9.47 Å². The van der Waals surface area contributed by atoms with Crippen LogP contribution in [0.25, 0.3) is 11.4 Å². The molecule has 1 saturated heterocycles. The maximum atomic E-state index is 12.3. The van der Waals surface area contributed by atoms with Gasteiger partial charge < -0.3 is 14.5 Å². The lowest BCUT2D eigenvalue weighted by atomic mass is 9.94. The summed E-state index contributed by atoms with van der Waals surface area (Å²) < 4.78 is 11.1. The van der Waals surface area contributed by atoms with Crippen molar-refractivity contribution in [3.8, 4) is 17.1 Å². The minimum atomic E-state index is -0.116. The Morgan fingerprint density at radius 3 is 2.81 bits per heavy atom. The van der Waals surface area contributed by atoms with Crippen molar-refractivity contribution in [3.63, 3.8) is 0 Å². The van der Waals surface area contributed by atoms with Crippen LogP contribution in [0.5, 0.6) is 5.75 Å². The molecule has 0 radical (unpaired) electrons. The summed E-state index contributed by atoms with van der Waals surface area (Å²) >= 11 is 0. The number of rotatable bonds is 8. The predicted octanol–water partition coefficient (Wildman–Crippen LogP) is 3.76. The van der Waals surface area contributed by atoms with E-state index in [2.05, 4.69) is 27.0 Å². The van der Waals surface area contributed by atoms with E-state index in [1.54, 1.807) is 25.6 Å². The van der Waals surface area contributed by atoms with Crippen LogP contribution in [0.4, 0.5) is 0 Å². The highest BCUT2D eigenvalue weighted by Gasteiger charge is 2.23. The van der Waals surface area contributed by atoms with Crippen LogP contribution in [-0.2, 0) is 17.9 Å². The Bertz CT molecular complexity index is 1080. The first-order chi connectivity index (χ1) is 15.7. The summed E-state index contributed by atoms with van der Waals surface area (Å²) in [4.78, 5) is 26.5. The number of aromatic nitrogens is 3. The average molecular weight is 435 g/mol. The lowest BCUT2D eigenvalue weighted by Gasteiger charge is -2.32. The zero-order valence-electron chi connectivity index (χ0n) is 18.7. The molecule has 0 amide bonds. The van der Waals surface area contributed by atoms with Crippen LogP contribution in [-0.4, -0.2) is 46.7 Å². The smallest absolute Gasteiger partial charge is 0.251 e. The van der Waals surface area contributed by atoms with E-state index in [0.717, 1.165) is 55.0 Å². The van der Waals surface area contributed by atoms with Gasteiger partial charge in [-0.15, -0.1) is 0 Å². The van der Waals surface area contributed by atoms with E-state index >= 15 is 0 Å². The first kappa shape index (κ1) is 22.2. The Hall–Kier alpha value is -3.03. The van der Waals surface area contributed by atoms with Crippen molar-refractivity contribution in [1.82, 2.24) is 19.9 Å². The number of piperidine rings is 1. The van der Waals surface area contributed by atoms with E-state index in [1.165, 1.54) is 5.56 Å². The highest BCUT2D eigenvalue weighted by molar-refractivity contribution is 5.53. The fourth-order valence-corrected chi connectivity index (χ4v) is 4.29. The van der Waals surface area contributed by atoms with E-state index in [4.69, 9.17) is 14.5 Å². The second-order valence-corrected chi connectivity index (χ2v) is 8.11. The first-order valence-electron chi connectivity index (χ1n) is 11.1. The molecule has 1 fully saturated rings. The minimum absolute atomic E-state index is 0.116. The number of nitrogens with one attached hydrogen (secondary N) is 1.